The van der Waals surface area contributed by atoms with Gasteiger partial charge >= 0.3 is 6.03 Å². The third-order valence-corrected chi connectivity index (χ3v) is 6.83. The summed E-state index contributed by atoms with van der Waals surface area (Å²) in [5, 5.41) is 2.61. The minimum absolute atomic E-state index is 0.102. The fraction of sp³-hybridized carbons (Fsp3) is 0.346. The highest BCUT2D eigenvalue weighted by molar-refractivity contribution is 6.04. The lowest BCUT2D eigenvalue weighted by Crippen LogP contribution is -2.43. The van der Waals surface area contributed by atoms with E-state index in [1.54, 1.807) is 36.7 Å². The first-order valence-corrected chi connectivity index (χ1v) is 11.8. The maximum Gasteiger partial charge on any atom is 0.329 e. The van der Waals surface area contributed by atoms with Crippen LogP contribution in [0.25, 0.3) is 11.3 Å². The minimum atomic E-state index is -2.73. The molecule has 4 heterocycles. The van der Waals surface area contributed by atoms with E-state index < -0.39 is 17.4 Å². The number of ether oxygens (including phenoxy) is 1. The van der Waals surface area contributed by atoms with Crippen LogP contribution in [0.5, 0.6) is 11.5 Å². The van der Waals surface area contributed by atoms with Gasteiger partial charge in [-0.1, -0.05) is 0 Å². The highest BCUT2D eigenvalue weighted by atomic mass is 19.3. The highest BCUT2D eigenvalue weighted by Gasteiger charge is 2.53. The van der Waals surface area contributed by atoms with Crippen molar-refractivity contribution in [3.63, 3.8) is 0 Å². The average Bonchev–Trinajstić information content (AvgIpc) is 3.18. The number of amides is 3. The Morgan fingerprint density at radius 2 is 1.75 bits per heavy atom. The molecule has 0 unspecified atom stereocenters. The van der Waals surface area contributed by atoms with Crippen molar-refractivity contribution in [1.82, 2.24) is 19.9 Å². The van der Waals surface area contributed by atoms with Crippen LogP contribution in [0.4, 0.5) is 19.4 Å². The van der Waals surface area contributed by atoms with Crippen LogP contribution in [0.2, 0.25) is 0 Å². The Kier molecular flexibility index (Phi) is 6.11. The Morgan fingerprint density at radius 3 is 2.47 bits per heavy atom. The number of hydrogen-bond acceptors (Lipinski definition) is 6. The first-order chi connectivity index (χ1) is 17.2. The Bertz CT molecular complexity index is 1290. The smallest absolute Gasteiger partial charge is 0.329 e. The van der Waals surface area contributed by atoms with Crippen LogP contribution in [-0.2, 0) is 4.79 Å². The van der Waals surface area contributed by atoms with Gasteiger partial charge < -0.3 is 4.74 Å². The SMILES string of the molecule is Cc1cc(-c2cc(Oc3ccc(NC(=O)N4CCC5(CCC(F)(F)CC5)C4=O)nc3)ccn2)ccn1. The van der Waals surface area contributed by atoms with Gasteiger partial charge in [0.1, 0.15) is 17.3 Å². The molecule has 0 aromatic carbocycles. The van der Waals surface area contributed by atoms with Gasteiger partial charge in [-0.2, -0.15) is 0 Å². The predicted molar refractivity (Wildman–Crippen MR) is 128 cm³/mol. The van der Waals surface area contributed by atoms with Crippen LogP contribution in [0.15, 0.2) is 55.0 Å². The van der Waals surface area contributed by atoms with Gasteiger partial charge in [-0.05, 0) is 56.5 Å². The molecule has 2 fully saturated rings. The zero-order valence-corrected chi connectivity index (χ0v) is 19.7. The number of urea groups is 1. The highest BCUT2D eigenvalue weighted by Crippen LogP contribution is 2.49. The lowest BCUT2D eigenvalue weighted by atomic mass is 9.72. The van der Waals surface area contributed by atoms with Crippen molar-refractivity contribution in [3.8, 4) is 22.8 Å². The number of nitrogens with one attached hydrogen (secondary N) is 1. The van der Waals surface area contributed by atoms with Gasteiger partial charge in [0.05, 0.1) is 17.3 Å². The molecular weight excluding hydrogens is 468 g/mol. The second-order valence-electron chi connectivity index (χ2n) is 9.32. The number of nitrogens with zero attached hydrogens (tertiary/aromatic N) is 4. The lowest BCUT2D eigenvalue weighted by molar-refractivity contribution is -0.140. The number of alkyl halides is 2. The maximum atomic E-state index is 13.6. The molecule has 36 heavy (non-hydrogen) atoms. The maximum absolute atomic E-state index is 13.6. The normalized spacial score (nSPS) is 18.3. The first-order valence-electron chi connectivity index (χ1n) is 11.8. The molecule has 1 aliphatic carbocycles. The van der Waals surface area contributed by atoms with Crippen LogP contribution in [-0.4, -0.2) is 44.3 Å². The number of pyridine rings is 3. The van der Waals surface area contributed by atoms with Gasteiger partial charge in [0.2, 0.25) is 11.8 Å². The summed E-state index contributed by atoms with van der Waals surface area (Å²) in [6, 6.07) is 9.94. The number of carbonyl (C=O) groups excluding carboxylic acids is 2. The summed E-state index contributed by atoms with van der Waals surface area (Å²) < 4.78 is 33.0. The molecule has 5 rings (SSSR count). The lowest BCUT2D eigenvalue weighted by Gasteiger charge is -2.35. The van der Waals surface area contributed by atoms with Crippen molar-refractivity contribution >= 4 is 17.8 Å². The number of halogens is 2. The first kappa shape index (κ1) is 23.8. The molecule has 186 valence electrons. The van der Waals surface area contributed by atoms with Crippen LogP contribution >= 0.6 is 0 Å². The van der Waals surface area contributed by atoms with Gasteiger partial charge in [0.25, 0.3) is 0 Å². The topological polar surface area (TPSA) is 97.3 Å². The Labute approximate surface area is 206 Å². The summed E-state index contributed by atoms with van der Waals surface area (Å²) in [5.74, 6) is -1.84. The number of aryl methyl sites for hydroxylation is 1. The molecule has 8 nitrogen and oxygen atoms in total. The van der Waals surface area contributed by atoms with Gasteiger partial charge in [-0.15, -0.1) is 0 Å². The van der Waals surface area contributed by atoms with E-state index in [0.29, 0.717) is 17.9 Å². The molecule has 0 bridgehead atoms. The molecule has 0 atom stereocenters. The van der Waals surface area contributed by atoms with Crippen LogP contribution in [0.1, 0.15) is 37.8 Å². The van der Waals surface area contributed by atoms with Crippen LogP contribution in [0.3, 0.4) is 0 Å². The van der Waals surface area contributed by atoms with E-state index in [-0.39, 0.29) is 44.0 Å². The number of rotatable bonds is 4. The van der Waals surface area contributed by atoms with Gasteiger partial charge in [0, 0.05) is 49.1 Å². The standard InChI is InChI=1S/C26H25F2N5O3/c1-17-14-18(4-11-29-17)21-15-19(5-12-30-21)36-20-2-3-22(31-16-20)32-24(35)33-13-10-25(23(33)34)6-8-26(27,28)9-7-25/h2-5,11-12,14-16H,6-10,13H2,1H3,(H,31,32,35). The van der Waals surface area contributed by atoms with Crippen LogP contribution in [0, 0.1) is 12.3 Å². The average molecular weight is 494 g/mol. The van der Waals surface area contributed by atoms with Gasteiger partial charge in [0.15, 0.2) is 0 Å². The number of hydrogen-bond donors (Lipinski definition) is 1. The number of likely N-dealkylation sites (tertiary alicyclic amines) is 1. The van der Waals surface area contributed by atoms with Crippen LogP contribution < -0.4 is 10.1 Å². The quantitative estimate of drug-likeness (QED) is 0.508. The number of aromatic nitrogens is 3. The zero-order chi connectivity index (χ0) is 25.3. The van der Waals surface area contributed by atoms with Crippen molar-refractivity contribution < 1.29 is 23.1 Å². The number of anilines is 1. The van der Waals surface area contributed by atoms with Crippen molar-refractivity contribution in [2.75, 3.05) is 11.9 Å². The largest absolute Gasteiger partial charge is 0.456 e. The molecule has 3 aromatic heterocycles. The van der Waals surface area contributed by atoms with Crippen molar-refractivity contribution in [3.05, 3.63) is 60.7 Å². The number of carbonyl (C=O) groups is 2. The molecule has 1 aliphatic heterocycles. The van der Waals surface area contributed by atoms with Gasteiger partial charge in [-0.3, -0.25) is 25.0 Å². The fourth-order valence-electron chi connectivity index (χ4n) is 4.74. The van der Waals surface area contributed by atoms with Crippen molar-refractivity contribution in [1.29, 1.82) is 0 Å². The molecule has 2 aliphatic rings. The van der Waals surface area contributed by atoms with E-state index in [1.165, 1.54) is 6.20 Å². The summed E-state index contributed by atoms with van der Waals surface area (Å²) in [4.78, 5) is 39.5. The summed E-state index contributed by atoms with van der Waals surface area (Å²) in [6.45, 7) is 2.11. The molecule has 1 saturated heterocycles. The van der Waals surface area contributed by atoms with Crippen molar-refractivity contribution in [2.24, 2.45) is 5.41 Å². The van der Waals surface area contributed by atoms with E-state index in [1.807, 2.05) is 19.1 Å². The Balaban J connectivity index is 1.21. The molecule has 0 radical (unpaired) electrons. The molecule has 3 aromatic rings. The third-order valence-electron chi connectivity index (χ3n) is 6.83. The molecule has 1 spiro atoms. The predicted octanol–water partition coefficient (Wildman–Crippen LogP) is 5.60. The monoisotopic (exact) mass is 493 g/mol. The third kappa shape index (κ3) is 4.89. The van der Waals surface area contributed by atoms with E-state index in [0.717, 1.165) is 21.9 Å². The van der Waals surface area contributed by atoms with Gasteiger partial charge in [-0.25, -0.2) is 18.6 Å². The molecular formula is C26H25F2N5O3. The fourth-order valence-corrected chi connectivity index (χ4v) is 4.74. The second kappa shape index (κ2) is 9.25. The minimum Gasteiger partial charge on any atom is -0.456 e. The summed E-state index contributed by atoms with van der Waals surface area (Å²) >= 11 is 0. The van der Waals surface area contributed by atoms with Crippen molar-refractivity contribution in [2.45, 2.75) is 45.0 Å². The molecule has 3 amide bonds. The zero-order valence-electron chi connectivity index (χ0n) is 19.7. The number of imide groups is 1. The Morgan fingerprint density at radius 1 is 0.972 bits per heavy atom. The van der Waals surface area contributed by atoms with E-state index in [9.17, 15) is 18.4 Å². The molecule has 10 heteroatoms. The second-order valence-corrected chi connectivity index (χ2v) is 9.32. The molecule has 1 saturated carbocycles. The summed E-state index contributed by atoms with van der Waals surface area (Å²) in [6.07, 6.45) is 4.80. The summed E-state index contributed by atoms with van der Waals surface area (Å²) in [7, 11) is 0. The Hall–Kier alpha value is -3.95. The molecule has 1 N–H and O–H groups in total. The van der Waals surface area contributed by atoms with E-state index in [4.69, 9.17) is 4.74 Å². The van der Waals surface area contributed by atoms with E-state index in [2.05, 4.69) is 20.3 Å². The van der Waals surface area contributed by atoms with E-state index >= 15 is 0 Å². The summed E-state index contributed by atoms with van der Waals surface area (Å²) in [5.41, 5.74) is 1.69.